The Morgan fingerprint density at radius 3 is 2.60 bits per heavy atom. The second-order valence-corrected chi connectivity index (χ2v) is 12.7. The van der Waals surface area contributed by atoms with Gasteiger partial charge in [-0.05, 0) is 44.7 Å². The highest BCUT2D eigenvalue weighted by molar-refractivity contribution is 8.09. The van der Waals surface area contributed by atoms with Crippen LogP contribution >= 0.6 is 6.64 Å². The minimum absolute atomic E-state index is 0.0830. The number of aromatic nitrogens is 4. The summed E-state index contributed by atoms with van der Waals surface area (Å²) in [5.41, 5.74) is 0.131. The van der Waals surface area contributed by atoms with Crippen LogP contribution in [0.4, 0.5) is 23.5 Å². The second-order valence-electron chi connectivity index (χ2n) is 9.55. The molecule has 1 aliphatic heterocycles. The van der Waals surface area contributed by atoms with Gasteiger partial charge in [0.25, 0.3) is 12.0 Å². The predicted molar refractivity (Wildman–Crippen MR) is 144 cm³/mol. The number of nitrogens with one attached hydrogen (secondary N) is 2. The Morgan fingerprint density at radius 1 is 1.31 bits per heavy atom. The molecule has 3 aromatic rings. The molecule has 5 N–H and O–H groups in total. The van der Waals surface area contributed by atoms with E-state index in [1.165, 1.54) is 19.1 Å². The summed E-state index contributed by atoms with van der Waals surface area (Å²) in [6.07, 6.45) is -8.76. The molecule has 5 atom stereocenters. The van der Waals surface area contributed by atoms with Gasteiger partial charge in [-0.25, -0.2) is 18.9 Å². The van der Waals surface area contributed by atoms with E-state index in [1.807, 2.05) is 0 Å². The Balaban J connectivity index is 1.68. The number of benzene rings is 1. The first kappa shape index (κ1) is 31.8. The largest absolute Gasteiger partial charge is 0.462 e. The summed E-state index contributed by atoms with van der Waals surface area (Å²) in [5, 5.41) is 13.1. The van der Waals surface area contributed by atoms with E-state index in [4.69, 9.17) is 36.1 Å². The maximum atomic E-state index is 15.6. The van der Waals surface area contributed by atoms with Gasteiger partial charge in [0.1, 0.15) is 11.8 Å². The van der Waals surface area contributed by atoms with Crippen molar-refractivity contribution in [2.24, 2.45) is 0 Å². The topological polar surface area (TPSA) is 176 Å². The first-order valence-electron chi connectivity index (χ1n) is 12.3. The molecule has 19 heteroatoms. The number of para-hydroxylation sites is 1. The standard InChI is InChI=1S/C23H27F4N6O7PS/c1-11(2)38-19(36)12(3)32-41(42,40-13-7-5-4-6-8-13)37-9-22(20(24)25)23(26,27)15(34)18(39-22)33-10-29-14-16(33)30-21(28)31-17(14)35/h4-8,10-12,15,18,20,34H,9H2,1-3H3,(H,32,42)(H3,28,30,31,35)/t12-,15-,18+,22-,41?/m0/s1. The molecule has 0 aliphatic carbocycles. The number of hydrogen-bond acceptors (Lipinski definition) is 11. The normalized spacial score (nSPS) is 24.1. The molecule has 0 spiro atoms. The van der Waals surface area contributed by atoms with E-state index >= 15 is 8.78 Å². The average Bonchev–Trinajstić information content (AvgIpc) is 3.40. The van der Waals surface area contributed by atoms with Crippen molar-refractivity contribution in [2.45, 2.75) is 63.2 Å². The first-order valence-corrected chi connectivity index (χ1v) is 15.0. The molecule has 0 amide bonds. The number of carbonyl (C=O) groups is 1. The van der Waals surface area contributed by atoms with Crippen LogP contribution in [-0.2, 0) is 30.6 Å². The number of nitrogens with two attached hydrogens (primary N) is 1. The van der Waals surface area contributed by atoms with Crippen LogP contribution in [-0.4, -0.2) is 73.4 Å². The lowest BCUT2D eigenvalue weighted by Gasteiger charge is -2.35. The Bertz CT molecular complexity index is 1540. The Morgan fingerprint density at radius 2 is 1.98 bits per heavy atom. The minimum Gasteiger partial charge on any atom is -0.462 e. The molecule has 3 heterocycles. The number of aliphatic hydroxyl groups excluding tert-OH is 1. The molecule has 0 bridgehead atoms. The second kappa shape index (κ2) is 11.9. The number of carbonyl (C=O) groups excluding carboxylic acids is 1. The summed E-state index contributed by atoms with van der Waals surface area (Å²) in [5.74, 6) is -5.80. The van der Waals surface area contributed by atoms with E-state index in [1.54, 1.807) is 32.0 Å². The highest BCUT2D eigenvalue weighted by Crippen LogP contribution is 2.55. The van der Waals surface area contributed by atoms with Gasteiger partial charge < -0.3 is 29.4 Å². The third kappa shape index (κ3) is 6.00. The summed E-state index contributed by atoms with van der Waals surface area (Å²) < 4.78 is 82.5. The van der Waals surface area contributed by atoms with Crippen LogP contribution in [0.5, 0.6) is 5.75 Å². The zero-order valence-corrected chi connectivity index (χ0v) is 24.0. The molecule has 0 radical (unpaired) electrons. The van der Waals surface area contributed by atoms with Crippen molar-refractivity contribution < 1.29 is 46.0 Å². The molecular formula is C23H27F4N6O7PS. The van der Waals surface area contributed by atoms with Gasteiger partial charge in [0, 0.05) is 0 Å². The molecule has 1 fully saturated rings. The Labute approximate surface area is 240 Å². The molecule has 230 valence electrons. The van der Waals surface area contributed by atoms with Crippen molar-refractivity contribution in [1.82, 2.24) is 24.6 Å². The predicted octanol–water partition coefficient (Wildman–Crippen LogP) is 2.48. The Hall–Kier alpha value is -3.15. The molecule has 42 heavy (non-hydrogen) atoms. The first-order chi connectivity index (χ1) is 19.6. The average molecular weight is 639 g/mol. The van der Waals surface area contributed by atoms with Crippen LogP contribution in [0, 0.1) is 0 Å². The number of fused-ring (bicyclic) bond motifs is 1. The smallest absolute Gasteiger partial charge is 0.323 e. The monoisotopic (exact) mass is 638 g/mol. The molecule has 0 saturated carbocycles. The number of aromatic amines is 1. The van der Waals surface area contributed by atoms with E-state index < -0.39 is 78.8 Å². The fourth-order valence-corrected chi connectivity index (χ4v) is 6.44. The number of aliphatic hydroxyl groups is 1. The van der Waals surface area contributed by atoms with Crippen molar-refractivity contribution >= 4 is 41.5 Å². The molecule has 1 unspecified atom stereocenters. The summed E-state index contributed by atoms with van der Waals surface area (Å²) in [6, 6.07) is 6.43. The quantitative estimate of drug-likeness (QED) is 0.137. The van der Waals surface area contributed by atoms with Crippen LogP contribution in [0.2, 0.25) is 0 Å². The fraction of sp³-hybridized carbons (Fsp3) is 0.478. The van der Waals surface area contributed by atoms with Gasteiger partial charge in [-0.1, -0.05) is 18.2 Å². The van der Waals surface area contributed by atoms with Crippen LogP contribution in [0.3, 0.4) is 0 Å². The maximum Gasteiger partial charge on any atom is 0.323 e. The van der Waals surface area contributed by atoms with Crippen LogP contribution in [0.25, 0.3) is 11.2 Å². The van der Waals surface area contributed by atoms with Crippen LogP contribution < -0.4 is 20.9 Å². The lowest BCUT2D eigenvalue weighted by atomic mass is 9.95. The van der Waals surface area contributed by atoms with Gasteiger partial charge >= 0.3 is 18.5 Å². The number of imidazole rings is 1. The number of halogens is 4. The lowest BCUT2D eigenvalue weighted by Crippen LogP contribution is -2.57. The van der Waals surface area contributed by atoms with Gasteiger partial charge in [-0.3, -0.25) is 19.1 Å². The number of hydrogen-bond donors (Lipinski definition) is 4. The molecule has 1 aliphatic rings. The maximum absolute atomic E-state index is 15.6. The molecule has 13 nitrogen and oxygen atoms in total. The van der Waals surface area contributed by atoms with Crippen LogP contribution in [0.1, 0.15) is 27.0 Å². The van der Waals surface area contributed by atoms with Crippen molar-refractivity contribution in [3.8, 4) is 5.75 Å². The van der Waals surface area contributed by atoms with Crippen molar-refractivity contribution in [3.63, 3.8) is 0 Å². The van der Waals surface area contributed by atoms with Gasteiger partial charge in [-0.2, -0.15) is 13.8 Å². The number of alkyl halides is 4. The molecule has 2 aromatic heterocycles. The third-order valence-electron chi connectivity index (χ3n) is 6.09. The highest BCUT2D eigenvalue weighted by atomic mass is 32.5. The summed E-state index contributed by atoms with van der Waals surface area (Å²) >= 11 is 5.43. The number of esters is 1. The Kier molecular flexibility index (Phi) is 8.97. The fourth-order valence-electron chi connectivity index (χ4n) is 4.03. The van der Waals surface area contributed by atoms with E-state index in [9.17, 15) is 23.5 Å². The van der Waals surface area contributed by atoms with Crippen molar-refractivity contribution in [1.29, 1.82) is 0 Å². The van der Waals surface area contributed by atoms with Crippen LogP contribution in [0.15, 0.2) is 41.5 Å². The molecular weight excluding hydrogens is 611 g/mol. The number of anilines is 1. The van der Waals surface area contributed by atoms with Crippen molar-refractivity contribution in [2.75, 3.05) is 12.3 Å². The van der Waals surface area contributed by atoms with E-state index in [0.717, 1.165) is 6.33 Å². The number of rotatable bonds is 11. The number of ether oxygens (including phenoxy) is 2. The van der Waals surface area contributed by atoms with Gasteiger partial charge in [0.2, 0.25) is 11.5 Å². The summed E-state index contributed by atoms with van der Waals surface area (Å²) in [4.78, 5) is 34.2. The van der Waals surface area contributed by atoms with Gasteiger partial charge in [0.15, 0.2) is 23.5 Å². The number of nitrogens with zero attached hydrogens (tertiary/aromatic N) is 3. The zero-order chi connectivity index (χ0) is 31.0. The number of nitrogen functional groups attached to an aromatic ring is 1. The summed E-state index contributed by atoms with van der Waals surface area (Å²) in [6.45, 7) is -1.16. The number of H-pyrrole nitrogens is 1. The van der Waals surface area contributed by atoms with Gasteiger partial charge in [0.05, 0.1) is 19.0 Å². The highest BCUT2D eigenvalue weighted by Gasteiger charge is 2.74. The lowest BCUT2D eigenvalue weighted by molar-refractivity contribution is -0.241. The summed E-state index contributed by atoms with van der Waals surface area (Å²) in [7, 11) is 0. The van der Waals surface area contributed by atoms with Crippen molar-refractivity contribution in [3.05, 3.63) is 47.0 Å². The van der Waals surface area contributed by atoms with E-state index in [0.29, 0.717) is 4.57 Å². The third-order valence-corrected chi connectivity index (χ3v) is 8.57. The zero-order valence-electron chi connectivity index (χ0n) is 22.2. The van der Waals surface area contributed by atoms with E-state index in [-0.39, 0.29) is 11.3 Å². The molecule has 4 rings (SSSR count). The minimum atomic E-state index is -4.66. The van der Waals surface area contributed by atoms with Gasteiger partial charge in [-0.15, -0.1) is 0 Å². The SMILES string of the molecule is CC(C)OC(=O)[C@H](C)NP(=S)(OC[C@@]1(C(F)F)O[C@@H](n2cnc3c(=O)[nH]c(N)nc32)[C@H](O)C1(F)F)Oc1ccccc1. The molecule has 1 saturated heterocycles. The molecule has 1 aromatic carbocycles. The van der Waals surface area contributed by atoms with E-state index in [2.05, 4.69) is 20.0 Å².